The first-order valence-corrected chi connectivity index (χ1v) is 12.1. The van der Waals surface area contributed by atoms with E-state index in [0.717, 1.165) is 43.2 Å². The number of aromatic nitrogens is 2. The summed E-state index contributed by atoms with van der Waals surface area (Å²) < 4.78 is 13.3. The molecule has 0 aliphatic carbocycles. The molecule has 2 aromatic carbocycles. The van der Waals surface area contributed by atoms with E-state index in [4.69, 9.17) is 9.47 Å². The highest BCUT2D eigenvalue weighted by atomic mass is 16.5. The van der Waals surface area contributed by atoms with Gasteiger partial charge in [0.15, 0.2) is 0 Å². The normalized spacial score (nSPS) is 11.1. The Balaban J connectivity index is 1.40. The molecule has 0 unspecified atom stereocenters. The maximum atomic E-state index is 5.50. The summed E-state index contributed by atoms with van der Waals surface area (Å²) in [6, 6.07) is 20.8. The number of ether oxygens (including phenoxy) is 2. The van der Waals surface area contributed by atoms with Gasteiger partial charge in [0.1, 0.15) is 11.5 Å². The molecule has 1 N–H and O–H groups in total. The average Bonchev–Trinajstić information content (AvgIpc) is 3.16. The van der Waals surface area contributed by atoms with Gasteiger partial charge >= 0.3 is 0 Å². The molecule has 0 atom stereocenters. The van der Waals surface area contributed by atoms with Crippen LogP contribution < -0.4 is 14.8 Å². The molecule has 0 spiro atoms. The number of fused-ring (bicyclic) bond motifs is 1. The average molecular weight is 458 g/mol. The van der Waals surface area contributed by atoms with Crippen molar-refractivity contribution >= 4 is 10.9 Å². The Morgan fingerprint density at radius 1 is 0.853 bits per heavy atom. The number of rotatable bonds is 12. The van der Waals surface area contributed by atoms with Gasteiger partial charge in [-0.1, -0.05) is 18.9 Å². The van der Waals surface area contributed by atoms with Gasteiger partial charge in [-0.3, -0.25) is 4.98 Å². The summed E-state index contributed by atoms with van der Waals surface area (Å²) in [5, 5.41) is 4.75. The van der Waals surface area contributed by atoms with Crippen molar-refractivity contribution in [3.63, 3.8) is 0 Å². The van der Waals surface area contributed by atoms with Crippen molar-refractivity contribution < 1.29 is 9.47 Å². The minimum absolute atomic E-state index is 0.837. The summed E-state index contributed by atoms with van der Waals surface area (Å²) in [4.78, 5) is 4.36. The molecule has 0 bridgehead atoms. The fourth-order valence-corrected chi connectivity index (χ4v) is 4.57. The highest BCUT2D eigenvalue weighted by Gasteiger charge is 2.16. The molecule has 5 heteroatoms. The van der Waals surface area contributed by atoms with Gasteiger partial charge in [-0.05, 0) is 92.0 Å². The lowest BCUT2D eigenvalue weighted by atomic mass is 10.1. The second-order valence-corrected chi connectivity index (χ2v) is 8.65. The number of methoxy groups -OCH3 is 2. The van der Waals surface area contributed by atoms with Crippen molar-refractivity contribution in [1.29, 1.82) is 0 Å². The lowest BCUT2D eigenvalue weighted by Gasteiger charge is -2.13. The SMILES string of the molecule is COc1ccc(-c2c(C)c3cc(OC)ccc3n2CCCCCCNCc2ccccn2)cc1. The number of aryl methyl sites for hydroxylation is 2. The molecule has 0 fully saturated rings. The van der Waals surface area contributed by atoms with Crippen LogP contribution in [0.15, 0.2) is 66.9 Å². The summed E-state index contributed by atoms with van der Waals surface area (Å²) in [7, 11) is 3.43. The molecule has 0 aliphatic heterocycles. The van der Waals surface area contributed by atoms with Crippen molar-refractivity contribution in [2.24, 2.45) is 0 Å². The lowest BCUT2D eigenvalue weighted by molar-refractivity contribution is 0.415. The van der Waals surface area contributed by atoms with Crippen LogP contribution in [0.3, 0.4) is 0 Å². The quantitative estimate of drug-likeness (QED) is 0.251. The smallest absolute Gasteiger partial charge is 0.119 e. The Labute approximate surface area is 202 Å². The van der Waals surface area contributed by atoms with Crippen molar-refractivity contribution in [1.82, 2.24) is 14.9 Å². The van der Waals surface area contributed by atoms with Crippen LogP contribution in [-0.4, -0.2) is 30.3 Å². The van der Waals surface area contributed by atoms with Gasteiger partial charge in [0.2, 0.25) is 0 Å². The zero-order valence-electron chi connectivity index (χ0n) is 20.5. The second kappa shape index (κ2) is 11.7. The summed E-state index contributed by atoms with van der Waals surface area (Å²) in [5.74, 6) is 1.77. The maximum absolute atomic E-state index is 5.50. The summed E-state index contributed by atoms with van der Waals surface area (Å²) >= 11 is 0. The van der Waals surface area contributed by atoms with E-state index in [2.05, 4.69) is 58.2 Å². The molecule has 0 radical (unpaired) electrons. The Bertz CT molecular complexity index is 1180. The Hall–Kier alpha value is -3.31. The van der Waals surface area contributed by atoms with Gasteiger partial charge in [0.05, 0.1) is 25.6 Å². The largest absolute Gasteiger partial charge is 0.497 e. The van der Waals surface area contributed by atoms with Gasteiger partial charge in [-0.15, -0.1) is 0 Å². The van der Waals surface area contributed by atoms with Crippen molar-refractivity contribution in [2.75, 3.05) is 20.8 Å². The van der Waals surface area contributed by atoms with Gasteiger partial charge < -0.3 is 19.4 Å². The monoisotopic (exact) mass is 457 g/mol. The highest BCUT2D eigenvalue weighted by molar-refractivity contribution is 5.92. The fourth-order valence-electron chi connectivity index (χ4n) is 4.57. The van der Waals surface area contributed by atoms with Crippen LogP contribution in [0.5, 0.6) is 11.5 Å². The first-order chi connectivity index (χ1) is 16.7. The minimum atomic E-state index is 0.837. The fraction of sp³-hybridized carbons (Fsp3) is 0.345. The Kier molecular flexibility index (Phi) is 8.21. The molecule has 2 aromatic heterocycles. The van der Waals surface area contributed by atoms with Crippen LogP contribution >= 0.6 is 0 Å². The zero-order chi connectivity index (χ0) is 23.8. The molecule has 0 aliphatic rings. The third-order valence-electron chi connectivity index (χ3n) is 6.40. The van der Waals surface area contributed by atoms with Crippen molar-refractivity contribution in [2.45, 2.75) is 45.7 Å². The summed E-state index contributed by atoms with van der Waals surface area (Å²) in [5.41, 5.74) is 6.15. The minimum Gasteiger partial charge on any atom is -0.497 e. The van der Waals surface area contributed by atoms with E-state index in [1.165, 1.54) is 47.0 Å². The Morgan fingerprint density at radius 3 is 2.35 bits per heavy atom. The lowest BCUT2D eigenvalue weighted by Crippen LogP contribution is -2.15. The first-order valence-electron chi connectivity index (χ1n) is 12.1. The molecule has 0 saturated carbocycles. The van der Waals surface area contributed by atoms with E-state index in [0.29, 0.717) is 0 Å². The van der Waals surface area contributed by atoms with E-state index in [9.17, 15) is 0 Å². The van der Waals surface area contributed by atoms with Crippen LogP contribution in [0.4, 0.5) is 0 Å². The van der Waals surface area contributed by atoms with E-state index >= 15 is 0 Å². The number of hydrogen-bond donors (Lipinski definition) is 1. The van der Waals surface area contributed by atoms with Crippen LogP contribution in [0, 0.1) is 6.92 Å². The van der Waals surface area contributed by atoms with Gasteiger partial charge in [0, 0.05) is 30.2 Å². The third-order valence-corrected chi connectivity index (χ3v) is 6.40. The summed E-state index contributed by atoms with van der Waals surface area (Å²) in [6.07, 6.45) is 6.61. The molecule has 0 saturated heterocycles. The molecule has 178 valence electrons. The van der Waals surface area contributed by atoms with Crippen LogP contribution in [-0.2, 0) is 13.1 Å². The number of nitrogens with zero attached hydrogens (tertiary/aromatic N) is 2. The van der Waals surface area contributed by atoms with Crippen LogP contribution in [0.1, 0.15) is 36.9 Å². The van der Waals surface area contributed by atoms with Crippen molar-refractivity contribution in [3.05, 3.63) is 78.1 Å². The van der Waals surface area contributed by atoms with Gasteiger partial charge in [0.25, 0.3) is 0 Å². The van der Waals surface area contributed by atoms with E-state index in [-0.39, 0.29) is 0 Å². The molecule has 2 heterocycles. The van der Waals surface area contributed by atoms with E-state index in [1.807, 2.05) is 30.5 Å². The molecular weight excluding hydrogens is 422 g/mol. The maximum Gasteiger partial charge on any atom is 0.119 e. The topological polar surface area (TPSA) is 48.3 Å². The predicted octanol–water partition coefficient (Wildman–Crippen LogP) is 6.38. The number of unbranched alkanes of at least 4 members (excludes halogenated alkanes) is 3. The predicted molar refractivity (Wildman–Crippen MR) is 140 cm³/mol. The van der Waals surface area contributed by atoms with Crippen LogP contribution in [0.2, 0.25) is 0 Å². The highest BCUT2D eigenvalue weighted by Crippen LogP contribution is 2.36. The number of benzene rings is 2. The zero-order valence-corrected chi connectivity index (χ0v) is 20.5. The van der Waals surface area contributed by atoms with Crippen LogP contribution in [0.25, 0.3) is 22.2 Å². The molecule has 5 nitrogen and oxygen atoms in total. The Morgan fingerprint density at radius 2 is 1.62 bits per heavy atom. The number of hydrogen-bond acceptors (Lipinski definition) is 4. The van der Waals surface area contributed by atoms with E-state index in [1.54, 1.807) is 14.2 Å². The molecule has 34 heavy (non-hydrogen) atoms. The molecule has 4 rings (SSSR count). The first kappa shape index (κ1) is 23.8. The second-order valence-electron chi connectivity index (χ2n) is 8.65. The number of pyridine rings is 1. The molecular formula is C29H35N3O2. The van der Waals surface area contributed by atoms with E-state index < -0.39 is 0 Å². The van der Waals surface area contributed by atoms with Gasteiger partial charge in [-0.25, -0.2) is 0 Å². The third kappa shape index (κ3) is 5.60. The standard InChI is InChI=1S/C29H35N3O2/c1-22-27-20-26(34-3)15-16-28(27)32(29(22)23-11-13-25(33-2)14-12-23)19-9-5-4-7-17-30-21-24-10-6-8-18-31-24/h6,8,10-16,18,20,30H,4-5,7,9,17,19,21H2,1-3H3. The summed E-state index contributed by atoms with van der Waals surface area (Å²) in [6.45, 7) is 5.08. The van der Waals surface area contributed by atoms with Gasteiger partial charge in [-0.2, -0.15) is 0 Å². The van der Waals surface area contributed by atoms with Crippen molar-refractivity contribution in [3.8, 4) is 22.8 Å². The molecule has 4 aromatic rings. The number of nitrogens with one attached hydrogen (secondary N) is 1. The molecule has 0 amide bonds.